The highest BCUT2D eigenvalue weighted by Gasteiger charge is 2.25. The van der Waals surface area contributed by atoms with Crippen LogP contribution >= 0.6 is 0 Å². The molecule has 2 heterocycles. The van der Waals surface area contributed by atoms with E-state index in [2.05, 4.69) is 45.4 Å². The maximum Gasteiger partial charge on any atom is 0.323 e. The Kier molecular flexibility index (Phi) is 6.05. The van der Waals surface area contributed by atoms with Crippen molar-refractivity contribution in [2.75, 3.05) is 39.8 Å². The largest absolute Gasteiger partial charge is 0.323 e. The lowest BCUT2D eigenvalue weighted by Crippen LogP contribution is -2.52. The summed E-state index contributed by atoms with van der Waals surface area (Å²) in [6.45, 7) is 8.60. The maximum absolute atomic E-state index is 12.8. The normalized spacial score (nSPS) is 18.4. The average Bonchev–Trinajstić information content (AvgIpc) is 2.98. The lowest BCUT2D eigenvalue weighted by Gasteiger charge is -2.38. The average molecular weight is 396 g/mol. The second-order valence-electron chi connectivity index (χ2n) is 7.76. The van der Waals surface area contributed by atoms with Crippen molar-refractivity contribution in [1.82, 2.24) is 24.5 Å². The molecule has 0 bridgehead atoms. The number of nitrogens with zero attached hydrogens (tertiary/aromatic N) is 2. The number of nitrogens with one attached hydrogen (secondary N) is 3. The zero-order chi connectivity index (χ0) is 19.6. The smallest absolute Gasteiger partial charge is 0.306 e. The number of imidazole rings is 1. The summed E-state index contributed by atoms with van der Waals surface area (Å²) in [6, 6.07) is 4.78. The number of hydrogen-bond donors (Lipinski definition) is 3. The summed E-state index contributed by atoms with van der Waals surface area (Å²) in [6.07, 6.45) is 0.941. The van der Waals surface area contributed by atoms with E-state index in [4.69, 9.17) is 0 Å². The number of aromatic amines is 2. The van der Waals surface area contributed by atoms with E-state index in [1.807, 2.05) is 0 Å². The molecule has 0 spiro atoms. The lowest BCUT2D eigenvalue weighted by molar-refractivity contribution is 0.102. The van der Waals surface area contributed by atoms with Gasteiger partial charge in [-0.2, -0.15) is 0 Å². The molecule has 0 amide bonds. The Bertz CT molecular complexity index is 926. The van der Waals surface area contributed by atoms with Gasteiger partial charge in [0.1, 0.15) is 0 Å². The molecule has 3 N–H and O–H groups in total. The van der Waals surface area contributed by atoms with Crippen LogP contribution in [0.4, 0.5) is 0 Å². The van der Waals surface area contributed by atoms with Crippen LogP contribution in [0.3, 0.4) is 0 Å². The summed E-state index contributed by atoms with van der Waals surface area (Å²) >= 11 is 0. The highest BCUT2D eigenvalue weighted by molar-refractivity contribution is 7.89. The number of benzene rings is 1. The van der Waals surface area contributed by atoms with E-state index >= 15 is 0 Å². The Labute approximate surface area is 160 Å². The van der Waals surface area contributed by atoms with Crippen molar-refractivity contribution >= 4 is 21.1 Å². The third kappa shape index (κ3) is 4.98. The monoisotopic (exact) mass is 395 g/mol. The molecule has 1 aromatic carbocycles. The Morgan fingerprint density at radius 1 is 1.11 bits per heavy atom. The van der Waals surface area contributed by atoms with Crippen molar-refractivity contribution in [2.24, 2.45) is 5.92 Å². The van der Waals surface area contributed by atoms with Crippen molar-refractivity contribution in [2.45, 2.75) is 31.2 Å². The van der Waals surface area contributed by atoms with Crippen LogP contribution in [0, 0.1) is 5.92 Å². The number of rotatable bonds is 7. The molecule has 27 heavy (non-hydrogen) atoms. The fourth-order valence-corrected chi connectivity index (χ4v) is 4.66. The van der Waals surface area contributed by atoms with Crippen LogP contribution in [0.15, 0.2) is 27.9 Å². The number of aromatic nitrogens is 2. The van der Waals surface area contributed by atoms with E-state index in [1.54, 1.807) is 6.07 Å². The summed E-state index contributed by atoms with van der Waals surface area (Å²) in [5.41, 5.74) is 0.731. The quantitative estimate of drug-likeness (QED) is 0.644. The third-order valence-electron chi connectivity index (χ3n) is 5.10. The van der Waals surface area contributed by atoms with Crippen LogP contribution in [-0.4, -0.2) is 74.0 Å². The first kappa shape index (κ1) is 20.1. The Morgan fingerprint density at radius 3 is 2.44 bits per heavy atom. The number of hydrogen-bond acceptors (Lipinski definition) is 5. The number of likely N-dealkylation sites (N-methyl/N-ethyl adjacent to an activating group) is 1. The van der Waals surface area contributed by atoms with Crippen LogP contribution in [0.2, 0.25) is 0 Å². The molecule has 1 aromatic heterocycles. The predicted octanol–water partition coefficient (Wildman–Crippen LogP) is 0.797. The van der Waals surface area contributed by atoms with Gasteiger partial charge in [-0.05, 0) is 37.6 Å². The van der Waals surface area contributed by atoms with E-state index in [-0.39, 0.29) is 16.6 Å². The molecule has 0 radical (unpaired) electrons. The Morgan fingerprint density at radius 2 is 1.78 bits per heavy atom. The molecule has 0 saturated carbocycles. The molecular weight excluding hydrogens is 366 g/mol. The summed E-state index contributed by atoms with van der Waals surface area (Å²) < 4.78 is 28.3. The number of sulfonamides is 1. The van der Waals surface area contributed by atoms with E-state index in [0.717, 1.165) is 32.6 Å². The van der Waals surface area contributed by atoms with Crippen LogP contribution in [0.1, 0.15) is 20.3 Å². The highest BCUT2D eigenvalue weighted by Crippen LogP contribution is 2.17. The van der Waals surface area contributed by atoms with Crippen molar-refractivity contribution in [3.05, 3.63) is 28.7 Å². The molecule has 3 rings (SSSR count). The van der Waals surface area contributed by atoms with Gasteiger partial charge in [0.05, 0.1) is 15.9 Å². The predicted molar refractivity (Wildman–Crippen MR) is 106 cm³/mol. The topological polar surface area (TPSA) is 101 Å². The van der Waals surface area contributed by atoms with E-state index in [0.29, 0.717) is 23.5 Å². The first-order chi connectivity index (χ1) is 12.7. The van der Waals surface area contributed by atoms with Crippen molar-refractivity contribution in [3.63, 3.8) is 0 Å². The maximum atomic E-state index is 12.8. The van der Waals surface area contributed by atoms with Crippen LogP contribution in [0.25, 0.3) is 11.0 Å². The van der Waals surface area contributed by atoms with Gasteiger partial charge < -0.3 is 14.9 Å². The Balaban J connectivity index is 1.72. The molecule has 150 valence electrons. The number of piperazine rings is 1. The minimum atomic E-state index is -3.65. The Hall–Kier alpha value is -1.68. The van der Waals surface area contributed by atoms with Gasteiger partial charge in [-0.25, -0.2) is 17.9 Å². The third-order valence-corrected chi connectivity index (χ3v) is 6.53. The molecule has 1 aliphatic rings. The van der Waals surface area contributed by atoms with Gasteiger partial charge in [0, 0.05) is 38.8 Å². The second kappa shape index (κ2) is 8.14. The molecule has 0 aliphatic carbocycles. The minimum absolute atomic E-state index is 0.159. The van der Waals surface area contributed by atoms with Crippen LogP contribution in [0.5, 0.6) is 0 Å². The fraction of sp³-hybridized carbons (Fsp3) is 0.611. The van der Waals surface area contributed by atoms with Gasteiger partial charge >= 0.3 is 5.69 Å². The molecule has 9 heteroatoms. The standard InChI is InChI=1S/C18H29N5O3S/c1-13(2)10-14(23-8-6-22(3)7-9-23)12-19-27(25,26)15-4-5-16-17(11-15)21-18(24)20-16/h4-5,11,13-14,19H,6-10,12H2,1-3H3,(H2,20,21,24). The number of fused-ring (bicyclic) bond motifs is 1. The molecule has 8 nitrogen and oxygen atoms in total. The van der Waals surface area contributed by atoms with Crippen molar-refractivity contribution in [3.8, 4) is 0 Å². The van der Waals surface area contributed by atoms with Gasteiger partial charge in [-0.3, -0.25) is 4.90 Å². The van der Waals surface area contributed by atoms with Gasteiger partial charge in [0.2, 0.25) is 10.0 Å². The van der Waals surface area contributed by atoms with E-state index < -0.39 is 10.0 Å². The van der Waals surface area contributed by atoms with E-state index in [1.165, 1.54) is 12.1 Å². The minimum Gasteiger partial charge on any atom is -0.306 e. The molecule has 1 fully saturated rings. The molecular formula is C18H29N5O3S. The van der Waals surface area contributed by atoms with Gasteiger partial charge in [0.15, 0.2) is 0 Å². The number of H-pyrrole nitrogens is 2. The SMILES string of the molecule is CC(C)CC(CNS(=O)(=O)c1ccc2[nH]c(=O)[nH]c2c1)N1CCN(C)CC1. The highest BCUT2D eigenvalue weighted by atomic mass is 32.2. The van der Waals surface area contributed by atoms with Gasteiger partial charge in [0.25, 0.3) is 0 Å². The van der Waals surface area contributed by atoms with Crippen LogP contribution < -0.4 is 10.4 Å². The first-order valence-corrected chi connectivity index (χ1v) is 10.9. The molecule has 1 saturated heterocycles. The molecule has 1 atom stereocenters. The van der Waals surface area contributed by atoms with Crippen molar-refractivity contribution < 1.29 is 8.42 Å². The van der Waals surface area contributed by atoms with Crippen molar-refractivity contribution in [1.29, 1.82) is 0 Å². The zero-order valence-corrected chi connectivity index (χ0v) is 17.0. The summed E-state index contributed by atoms with van der Waals surface area (Å²) in [7, 11) is -1.54. The second-order valence-corrected chi connectivity index (χ2v) is 9.53. The fourth-order valence-electron chi connectivity index (χ4n) is 3.56. The lowest BCUT2D eigenvalue weighted by atomic mass is 10.0. The van der Waals surface area contributed by atoms with Gasteiger partial charge in [-0.1, -0.05) is 13.8 Å². The zero-order valence-electron chi connectivity index (χ0n) is 16.2. The molecule has 2 aromatic rings. The van der Waals surface area contributed by atoms with E-state index in [9.17, 15) is 13.2 Å². The summed E-state index contributed by atoms with van der Waals surface area (Å²) in [4.78, 5) is 21.4. The first-order valence-electron chi connectivity index (χ1n) is 9.39. The van der Waals surface area contributed by atoms with Gasteiger partial charge in [-0.15, -0.1) is 0 Å². The van der Waals surface area contributed by atoms with Crippen LogP contribution in [-0.2, 0) is 10.0 Å². The summed E-state index contributed by atoms with van der Waals surface area (Å²) in [5, 5.41) is 0. The molecule has 1 unspecified atom stereocenters. The molecule has 1 aliphatic heterocycles. The summed E-state index contributed by atoms with van der Waals surface area (Å²) in [5.74, 6) is 0.487.